The van der Waals surface area contributed by atoms with E-state index < -0.39 is 23.3 Å². The van der Waals surface area contributed by atoms with Crippen LogP contribution < -0.4 is 0 Å². The molecule has 0 N–H and O–H groups in total. The molecule has 9 nitrogen and oxygen atoms in total. The molecule has 0 atom stereocenters. The predicted octanol–water partition coefficient (Wildman–Crippen LogP) is 6.90. The lowest BCUT2D eigenvalue weighted by Crippen LogP contribution is -2.39. The van der Waals surface area contributed by atoms with Gasteiger partial charge in [0.1, 0.15) is 19.8 Å². The number of hydrogen-bond donors (Lipinski definition) is 0. The number of esters is 3. The molecule has 3 aromatic rings. The van der Waals surface area contributed by atoms with Gasteiger partial charge in [0.15, 0.2) is 0 Å². The summed E-state index contributed by atoms with van der Waals surface area (Å²) in [6.07, 6.45) is 0.260. The van der Waals surface area contributed by atoms with Crippen LogP contribution in [0.25, 0.3) is 0 Å². The normalized spacial score (nSPS) is 10.9. The quantitative estimate of drug-likeness (QED) is 0.0947. The zero-order valence-electron chi connectivity index (χ0n) is 26.6. The first-order valence-corrected chi connectivity index (χ1v) is 18.3. The summed E-state index contributed by atoms with van der Waals surface area (Å²) < 4.78 is 16.6. The van der Waals surface area contributed by atoms with Crippen LogP contribution in [0, 0.1) is 5.41 Å². The van der Waals surface area contributed by atoms with Gasteiger partial charge in [0, 0.05) is 33.9 Å². The van der Waals surface area contributed by atoms with Crippen molar-refractivity contribution in [2.24, 2.45) is 5.41 Å². The first kappa shape index (κ1) is 38.6. The number of thioether (sulfide) groups is 3. The Morgan fingerprint density at radius 3 is 1.00 bits per heavy atom. The van der Waals surface area contributed by atoms with E-state index in [0.717, 1.165) is 35.3 Å². The van der Waals surface area contributed by atoms with Crippen molar-refractivity contribution < 1.29 is 43.0 Å². The van der Waals surface area contributed by atoms with Crippen LogP contribution in [0.15, 0.2) is 91.0 Å². The van der Waals surface area contributed by atoms with E-state index in [2.05, 4.69) is 0 Å². The second-order valence-corrected chi connectivity index (χ2v) is 13.8. The average molecular weight is 711 g/mol. The van der Waals surface area contributed by atoms with Crippen LogP contribution in [0.3, 0.4) is 0 Å². The van der Waals surface area contributed by atoms with Gasteiger partial charge < -0.3 is 14.2 Å². The van der Waals surface area contributed by atoms with Gasteiger partial charge in [-0.15, -0.1) is 0 Å². The zero-order valence-corrected chi connectivity index (χ0v) is 29.1. The molecule has 0 radical (unpaired) electrons. The van der Waals surface area contributed by atoms with Crippen molar-refractivity contribution in [1.29, 1.82) is 0 Å². The van der Waals surface area contributed by atoms with Crippen LogP contribution in [-0.4, -0.2) is 70.3 Å². The van der Waals surface area contributed by atoms with Gasteiger partial charge >= 0.3 is 17.9 Å². The van der Waals surface area contributed by atoms with Crippen LogP contribution in [0.4, 0.5) is 0 Å². The molecule has 3 aromatic carbocycles. The number of benzene rings is 3. The van der Waals surface area contributed by atoms with Crippen molar-refractivity contribution in [1.82, 2.24) is 0 Å². The maximum Gasteiger partial charge on any atom is 0.306 e. The van der Waals surface area contributed by atoms with Crippen molar-refractivity contribution in [2.75, 3.05) is 37.1 Å². The molecule has 0 aliphatic rings. The lowest BCUT2D eigenvalue weighted by Gasteiger charge is -2.31. The summed E-state index contributed by atoms with van der Waals surface area (Å²) >= 11 is 3.03. The Bertz CT molecular complexity index is 1320. The molecule has 0 aliphatic heterocycles. The van der Waals surface area contributed by atoms with Gasteiger partial charge in [-0.05, 0) is 6.42 Å². The fraction of sp³-hybridized carbons (Fsp3) is 0.333. The smallest absolute Gasteiger partial charge is 0.306 e. The molecular weight excluding hydrogens is 673 g/mol. The summed E-state index contributed by atoms with van der Waals surface area (Å²) in [6.45, 7) is 1.22. The topological polar surface area (TPSA) is 130 Å². The summed E-state index contributed by atoms with van der Waals surface area (Å²) in [5, 5.41) is -0.466. The molecule has 12 heteroatoms. The molecular formula is C36H38O9S3. The van der Waals surface area contributed by atoms with Gasteiger partial charge in [-0.2, -0.15) is 0 Å². The van der Waals surface area contributed by atoms with E-state index in [9.17, 15) is 28.8 Å². The monoisotopic (exact) mass is 710 g/mol. The van der Waals surface area contributed by atoms with E-state index in [4.69, 9.17) is 14.2 Å². The fourth-order valence-corrected chi connectivity index (χ4v) is 6.27. The minimum absolute atomic E-state index is 0.0259. The minimum Gasteiger partial charge on any atom is -0.465 e. The number of ether oxygens (including phenoxy) is 3. The summed E-state index contributed by atoms with van der Waals surface area (Å²) in [6, 6.07) is 26.2. The highest BCUT2D eigenvalue weighted by molar-refractivity contribution is 8.14. The highest BCUT2D eigenvalue weighted by Gasteiger charge is 2.34. The van der Waals surface area contributed by atoms with Crippen molar-refractivity contribution in [3.05, 3.63) is 108 Å². The summed E-state index contributed by atoms with van der Waals surface area (Å²) in [5.74, 6) is -1.00. The SMILES string of the molecule is CCC(COC(=O)CCSC(=O)c1ccccc1)(COC(=O)CCSC(=O)c1ccccc1)COC(=O)CCSC(=O)c1ccccc1. The third kappa shape index (κ3) is 14.1. The van der Waals surface area contributed by atoms with Crippen LogP contribution in [0.2, 0.25) is 0 Å². The Balaban J connectivity index is 1.51. The fourth-order valence-electron chi connectivity index (χ4n) is 4.00. The van der Waals surface area contributed by atoms with E-state index in [-0.39, 0.29) is 71.7 Å². The Morgan fingerprint density at radius 1 is 0.479 bits per heavy atom. The van der Waals surface area contributed by atoms with E-state index >= 15 is 0 Å². The Labute approximate surface area is 293 Å². The second kappa shape index (κ2) is 21.2. The molecule has 0 fully saturated rings. The molecule has 0 heterocycles. The first-order chi connectivity index (χ1) is 23.2. The van der Waals surface area contributed by atoms with Gasteiger partial charge in [0.05, 0.1) is 24.7 Å². The highest BCUT2D eigenvalue weighted by atomic mass is 32.2. The molecule has 48 heavy (non-hydrogen) atoms. The molecule has 3 rings (SSSR count). The molecule has 254 valence electrons. The van der Waals surface area contributed by atoms with Crippen LogP contribution in [0.5, 0.6) is 0 Å². The standard InChI is InChI=1S/C36H38O9S3/c1-2-36(24-43-30(37)18-21-46-33(40)27-12-6-3-7-13-27,25-44-31(38)19-22-47-34(41)28-14-8-4-9-15-28)26-45-32(39)20-23-48-35(42)29-16-10-5-11-17-29/h3-17H,2,18-26H2,1H3. The van der Waals surface area contributed by atoms with E-state index in [1.807, 2.05) is 18.2 Å². The van der Waals surface area contributed by atoms with Gasteiger partial charge in [0.25, 0.3) is 0 Å². The predicted molar refractivity (Wildman–Crippen MR) is 189 cm³/mol. The maximum atomic E-state index is 12.6. The Kier molecular flexibility index (Phi) is 17.0. The van der Waals surface area contributed by atoms with Crippen LogP contribution in [0.1, 0.15) is 63.7 Å². The molecule has 0 aromatic heterocycles. The minimum atomic E-state index is -1.03. The van der Waals surface area contributed by atoms with Crippen molar-refractivity contribution in [3.8, 4) is 0 Å². The summed E-state index contributed by atoms with van der Waals surface area (Å²) in [4.78, 5) is 74.8. The molecule has 0 saturated carbocycles. The maximum absolute atomic E-state index is 12.6. The number of hydrogen-bond acceptors (Lipinski definition) is 12. The average Bonchev–Trinajstić information content (AvgIpc) is 3.12. The molecule has 0 aliphatic carbocycles. The third-order valence-corrected chi connectivity index (χ3v) is 9.73. The zero-order chi connectivity index (χ0) is 34.6. The van der Waals surface area contributed by atoms with Crippen LogP contribution in [-0.2, 0) is 28.6 Å². The third-order valence-electron chi connectivity index (χ3n) is 7.01. The van der Waals surface area contributed by atoms with E-state index in [1.54, 1.807) is 79.7 Å². The van der Waals surface area contributed by atoms with Crippen molar-refractivity contribution in [3.63, 3.8) is 0 Å². The van der Waals surface area contributed by atoms with E-state index in [1.165, 1.54) is 0 Å². The first-order valence-electron chi connectivity index (χ1n) is 15.3. The van der Waals surface area contributed by atoms with Gasteiger partial charge in [0.2, 0.25) is 15.3 Å². The van der Waals surface area contributed by atoms with Crippen molar-refractivity contribution in [2.45, 2.75) is 32.6 Å². The molecule has 0 unspecified atom stereocenters. The molecule has 0 amide bonds. The van der Waals surface area contributed by atoms with Crippen molar-refractivity contribution >= 4 is 68.5 Å². The van der Waals surface area contributed by atoms with Gasteiger partial charge in [-0.3, -0.25) is 28.8 Å². The Morgan fingerprint density at radius 2 is 0.750 bits per heavy atom. The van der Waals surface area contributed by atoms with E-state index in [0.29, 0.717) is 23.1 Å². The molecule has 0 saturated heterocycles. The van der Waals surface area contributed by atoms with Gasteiger partial charge in [-0.1, -0.05) is 133 Å². The van der Waals surface area contributed by atoms with Gasteiger partial charge in [-0.25, -0.2) is 0 Å². The number of rotatable bonds is 19. The highest BCUT2D eigenvalue weighted by Crippen LogP contribution is 2.26. The second-order valence-electron chi connectivity index (χ2n) is 10.6. The summed E-state index contributed by atoms with van der Waals surface area (Å²) in [7, 11) is 0. The number of carbonyl (C=O) groups excluding carboxylic acids is 6. The summed E-state index contributed by atoms with van der Waals surface area (Å²) in [5.41, 5.74) is 0.578. The molecule has 0 spiro atoms. The lowest BCUT2D eigenvalue weighted by molar-refractivity contribution is -0.161. The number of carbonyl (C=O) groups is 6. The molecule has 0 bridgehead atoms. The lowest BCUT2D eigenvalue weighted by atomic mass is 9.88. The largest absolute Gasteiger partial charge is 0.465 e. The Hall–Kier alpha value is -3.87. The van der Waals surface area contributed by atoms with Crippen LogP contribution >= 0.6 is 35.3 Å².